The Balaban J connectivity index is 0.000000205. The van der Waals surface area contributed by atoms with Crippen molar-refractivity contribution in [2.75, 3.05) is 93.5 Å². The first kappa shape index (κ1) is 74.0. The minimum atomic E-state index is -0.516. The van der Waals surface area contributed by atoms with Gasteiger partial charge in [0.05, 0.1) is 128 Å². The van der Waals surface area contributed by atoms with E-state index < -0.39 is 48.1 Å². The number of phenolic OH excluding ortho intramolecular Hbond substituents is 4. The Morgan fingerprint density at radius 1 is 0.363 bits per heavy atom. The Kier molecular flexibility index (Phi) is 23.5. The predicted molar refractivity (Wildman–Crippen MR) is 385 cm³/mol. The third kappa shape index (κ3) is 13.8. The molecule has 0 fully saturated rings. The lowest BCUT2D eigenvalue weighted by Crippen LogP contribution is -2.13. The number of benzene rings is 10. The predicted octanol–water partition coefficient (Wildman–Crippen LogP) is 7.86. The third-order valence-electron chi connectivity index (χ3n) is 19.4. The van der Waals surface area contributed by atoms with Gasteiger partial charge < -0.3 is 89.0 Å². The molecule has 2 aliphatic carbocycles. The van der Waals surface area contributed by atoms with Gasteiger partial charge in [-0.2, -0.15) is 0 Å². The highest BCUT2D eigenvalue weighted by Gasteiger charge is 2.35. The Bertz CT molecular complexity index is 5160. The van der Waals surface area contributed by atoms with Crippen molar-refractivity contribution in [3.05, 3.63) is 132 Å². The van der Waals surface area contributed by atoms with Gasteiger partial charge in [0.15, 0.2) is 44.7 Å². The fraction of sp³-hybridized carbons (Fsp3) is 0.410. The molecule has 102 heavy (non-hydrogen) atoms. The number of unbranched alkanes of at least 4 members (excludes halogenated alkanes) is 4. The van der Waals surface area contributed by atoms with E-state index in [-0.39, 0.29) is 156 Å². The lowest BCUT2D eigenvalue weighted by Gasteiger charge is -2.24. The van der Waals surface area contributed by atoms with Crippen LogP contribution in [0.5, 0.6) is 34.5 Å². The largest absolute Gasteiger partial charge is 0.507 e. The first-order valence-electron chi connectivity index (χ1n) is 34.2. The average molecular weight is 1410 g/mol. The molecule has 0 aromatic heterocycles. The molecular formula is C78H84O24. The summed E-state index contributed by atoms with van der Waals surface area (Å²) in [6.07, 6.45) is 9.23. The minimum absolute atomic E-state index is 0.00531. The zero-order chi connectivity index (χ0) is 72.8. The van der Waals surface area contributed by atoms with Crippen LogP contribution in [-0.4, -0.2) is 157 Å². The maximum absolute atomic E-state index is 13.8. The number of hydrogen-bond donors (Lipinski definition) is 10. The fourth-order valence-corrected chi connectivity index (χ4v) is 15.3. The van der Waals surface area contributed by atoms with Crippen LogP contribution in [0.25, 0.3) is 98.3 Å². The molecule has 10 N–H and O–H groups in total. The summed E-state index contributed by atoms with van der Waals surface area (Å²) in [6.45, 7) is 4.20. The molecule has 0 bridgehead atoms. The zero-order valence-electron chi connectivity index (χ0n) is 57.5. The first-order chi connectivity index (χ1) is 49.3. The Morgan fingerprint density at radius 3 is 1.13 bits per heavy atom. The van der Waals surface area contributed by atoms with Gasteiger partial charge in [0.1, 0.15) is 24.7 Å². The van der Waals surface area contributed by atoms with Gasteiger partial charge in [-0.1, -0.05) is 36.1 Å². The molecule has 2 aliphatic rings. The number of methoxy groups -OCH3 is 2. The van der Waals surface area contributed by atoms with Crippen molar-refractivity contribution < 1.29 is 98.5 Å². The number of phenols is 4. The quantitative estimate of drug-likeness (QED) is 0.00793. The summed E-state index contributed by atoms with van der Waals surface area (Å²) in [6, 6.07) is 5.06. The van der Waals surface area contributed by atoms with Crippen molar-refractivity contribution in [2.45, 2.75) is 117 Å². The van der Waals surface area contributed by atoms with E-state index in [0.29, 0.717) is 183 Å². The molecule has 24 nitrogen and oxygen atoms in total. The number of carbonyl (C=O) groups is 2. The molecule has 0 amide bonds. The molecule has 0 atom stereocenters. The van der Waals surface area contributed by atoms with Crippen molar-refractivity contribution in [1.82, 2.24) is 0 Å². The summed E-state index contributed by atoms with van der Waals surface area (Å²) >= 11 is 0. The minimum Gasteiger partial charge on any atom is -0.507 e. The number of ether oxygens (including phenoxy) is 8. The smallest absolute Gasteiger partial charge is 0.305 e. The molecule has 10 aromatic rings. The number of aliphatic hydroxyl groups excluding tert-OH is 6. The lowest BCUT2D eigenvalue weighted by molar-refractivity contribution is -0.146. The average Bonchev–Trinajstić information content (AvgIpc) is 1.20. The van der Waals surface area contributed by atoms with Crippen LogP contribution in [0.4, 0.5) is 0 Å². The second-order valence-corrected chi connectivity index (χ2v) is 25.8. The van der Waals surface area contributed by atoms with Gasteiger partial charge in [-0.3, -0.25) is 28.8 Å². The summed E-state index contributed by atoms with van der Waals surface area (Å²) in [4.78, 5) is 79.3. The number of aromatic hydroxyl groups is 4. The monoisotopic (exact) mass is 1400 g/mol. The Hall–Kier alpha value is -9.18. The number of aliphatic hydroxyl groups is 6. The van der Waals surface area contributed by atoms with Crippen LogP contribution < -0.4 is 31.2 Å². The highest BCUT2D eigenvalue weighted by atomic mass is 16.6. The van der Waals surface area contributed by atoms with Crippen molar-refractivity contribution in [3.8, 4) is 34.5 Å². The number of esters is 2. The van der Waals surface area contributed by atoms with Gasteiger partial charge in [-0.25, -0.2) is 0 Å². The van der Waals surface area contributed by atoms with Crippen LogP contribution in [0.2, 0.25) is 0 Å². The molecule has 0 spiro atoms. The molecule has 0 radical (unpaired) electrons. The molecular weight excluding hydrogens is 1320 g/mol. The lowest BCUT2D eigenvalue weighted by atomic mass is 9.80. The van der Waals surface area contributed by atoms with Gasteiger partial charge in [0, 0.05) is 56.5 Å². The van der Waals surface area contributed by atoms with Gasteiger partial charge >= 0.3 is 11.9 Å². The maximum atomic E-state index is 13.8. The summed E-state index contributed by atoms with van der Waals surface area (Å²) < 4.78 is 42.8. The fourth-order valence-electron chi connectivity index (χ4n) is 15.3. The van der Waals surface area contributed by atoms with E-state index in [0.717, 1.165) is 16.7 Å². The molecule has 0 unspecified atom stereocenters. The van der Waals surface area contributed by atoms with Gasteiger partial charge in [-0.05, 0) is 166 Å². The summed E-state index contributed by atoms with van der Waals surface area (Å²) in [5.41, 5.74) is 4.52. The molecule has 24 heteroatoms. The van der Waals surface area contributed by atoms with Crippen molar-refractivity contribution >= 4 is 110 Å². The van der Waals surface area contributed by atoms with Gasteiger partial charge in [0.25, 0.3) is 0 Å². The van der Waals surface area contributed by atoms with Crippen LogP contribution >= 0.6 is 0 Å². The van der Waals surface area contributed by atoms with Crippen molar-refractivity contribution in [1.29, 1.82) is 0 Å². The van der Waals surface area contributed by atoms with Crippen molar-refractivity contribution in [3.63, 3.8) is 0 Å². The topological polar surface area (TPSA) is 379 Å². The standard InChI is InChI=1S/2C39H42O12/c2*1-20-14-24-23(6-4-3-5-7-28(45)51-13-12-50-11-10-49-9-8-40)37(46)33-26(43)16-21(18-41)29-30-22(19-42)17-27(44)34-36(30)32(31(24)35(29)33)25(15-20)39(48-2)38(34)47/h15-17,40-42,46-47H,3-14,18-19H2,1-2H3;14,16-17,40-42,46-47H,3-13,15,18-19H2,1-2H3. The molecule has 0 saturated carbocycles. The van der Waals surface area contributed by atoms with E-state index in [4.69, 9.17) is 48.1 Å². The molecule has 12 rings (SSSR count). The van der Waals surface area contributed by atoms with E-state index in [9.17, 15) is 69.6 Å². The second kappa shape index (κ2) is 32.4. The highest BCUT2D eigenvalue weighted by molar-refractivity contribution is 6.40. The number of rotatable bonds is 34. The number of allylic oxidation sites excluding steroid dienone is 2. The Morgan fingerprint density at radius 2 is 0.706 bits per heavy atom. The molecule has 540 valence electrons. The summed E-state index contributed by atoms with van der Waals surface area (Å²) in [7, 11) is 2.82. The second-order valence-electron chi connectivity index (χ2n) is 25.8. The highest BCUT2D eigenvalue weighted by Crippen LogP contribution is 2.56. The Labute approximate surface area is 583 Å². The van der Waals surface area contributed by atoms with Crippen molar-refractivity contribution in [2.24, 2.45) is 0 Å². The van der Waals surface area contributed by atoms with E-state index >= 15 is 0 Å². The maximum Gasteiger partial charge on any atom is 0.305 e. The first-order valence-corrected chi connectivity index (χ1v) is 34.2. The van der Waals surface area contributed by atoms with Gasteiger partial charge in [0.2, 0.25) is 0 Å². The van der Waals surface area contributed by atoms with Crippen LogP contribution in [0.15, 0.2) is 54.6 Å². The van der Waals surface area contributed by atoms with E-state index in [1.54, 1.807) is 0 Å². The zero-order valence-corrected chi connectivity index (χ0v) is 57.5. The summed E-state index contributed by atoms with van der Waals surface area (Å²) in [5, 5.41) is 112. The number of fused-ring (bicyclic) bond motifs is 2. The van der Waals surface area contributed by atoms with E-state index in [1.807, 2.05) is 26.0 Å². The number of hydrogen-bond acceptors (Lipinski definition) is 24. The molecule has 0 saturated heterocycles. The third-order valence-corrected chi connectivity index (χ3v) is 19.4. The normalized spacial score (nSPS) is 12.8. The van der Waals surface area contributed by atoms with Crippen LogP contribution in [-0.2, 0) is 90.1 Å². The summed E-state index contributed by atoms with van der Waals surface area (Å²) in [5.74, 6) is -1.46. The SMILES string of the molecule is COc1c(O)c2c(=O)cc(CO)c3c4c(CO)cc(=O)c5c(O)c(CCCCCC(=O)OCCOCCOCCO)c6c(c(c1C=C(C)C6)c23)c54.COc1c(O)c2c(=O)cc(CO)c3c4c(CO)cc(=O)c5c(O)c(CCCCCC(=O)OCCOCCOCCO)c6c(c(c1CC(C)=C6)c23)c54. The van der Waals surface area contributed by atoms with Crippen LogP contribution in [0.3, 0.4) is 0 Å². The molecule has 10 aromatic carbocycles. The van der Waals surface area contributed by atoms with E-state index in [1.165, 1.54) is 38.5 Å². The van der Waals surface area contributed by atoms with Crippen LogP contribution in [0.1, 0.15) is 121 Å². The number of carbonyl (C=O) groups excluding carboxylic acids is 2. The van der Waals surface area contributed by atoms with Gasteiger partial charge in [-0.15, -0.1) is 0 Å². The van der Waals surface area contributed by atoms with E-state index in [2.05, 4.69) is 0 Å². The molecule has 0 aliphatic heterocycles. The van der Waals surface area contributed by atoms with Crippen LogP contribution in [0, 0.1) is 0 Å². The molecule has 0 heterocycles.